The zero-order valence-electron chi connectivity index (χ0n) is 8.01. The van der Waals surface area contributed by atoms with Gasteiger partial charge in [0.05, 0.1) is 6.10 Å². The molecule has 0 atom stereocenters. The molecule has 0 bridgehead atoms. The van der Waals surface area contributed by atoms with Gasteiger partial charge >= 0.3 is 0 Å². The van der Waals surface area contributed by atoms with E-state index in [0.717, 1.165) is 32.3 Å². The summed E-state index contributed by atoms with van der Waals surface area (Å²) in [6.45, 7) is 4.53. The standard InChI is InChI=1S/C10H18O2/c1-3-12-10-6-4-9(5-7-10)8(2)11/h9-10H,3-7H2,1-2H3. The van der Waals surface area contributed by atoms with Crippen LogP contribution in [0.2, 0.25) is 0 Å². The van der Waals surface area contributed by atoms with Crippen molar-refractivity contribution in [3.05, 3.63) is 0 Å². The molecule has 0 aromatic carbocycles. The van der Waals surface area contributed by atoms with Crippen LogP contribution in [0.1, 0.15) is 39.5 Å². The van der Waals surface area contributed by atoms with E-state index in [1.165, 1.54) is 0 Å². The van der Waals surface area contributed by atoms with Gasteiger partial charge in [-0.3, -0.25) is 4.79 Å². The van der Waals surface area contributed by atoms with Crippen molar-refractivity contribution < 1.29 is 9.53 Å². The lowest BCUT2D eigenvalue weighted by atomic mass is 9.85. The van der Waals surface area contributed by atoms with E-state index in [1.54, 1.807) is 6.92 Å². The van der Waals surface area contributed by atoms with Gasteiger partial charge in [0.1, 0.15) is 5.78 Å². The second kappa shape index (κ2) is 4.61. The van der Waals surface area contributed by atoms with E-state index in [-0.39, 0.29) is 0 Å². The number of ketones is 1. The van der Waals surface area contributed by atoms with Crippen LogP contribution in [0.25, 0.3) is 0 Å². The monoisotopic (exact) mass is 170 g/mol. The normalized spacial score (nSPS) is 30.2. The highest BCUT2D eigenvalue weighted by molar-refractivity contribution is 5.78. The van der Waals surface area contributed by atoms with Crippen molar-refractivity contribution in [2.45, 2.75) is 45.6 Å². The van der Waals surface area contributed by atoms with Gasteiger partial charge in [-0.1, -0.05) is 0 Å². The van der Waals surface area contributed by atoms with Crippen LogP contribution in [0, 0.1) is 5.92 Å². The largest absolute Gasteiger partial charge is 0.379 e. The van der Waals surface area contributed by atoms with Crippen molar-refractivity contribution in [2.75, 3.05) is 6.61 Å². The van der Waals surface area contributed by atoms with Gasteiger partial charge in [0.2, 0.25) is 0 Å². The number of carbonyl (C=O) groups is 1. The molecule has 2 nitrogen and oxygen atoms in total. The van der Waals surface area contributed by atoms with E-state index >= 15 is 0 Å². The molecule has 1 aliphatic carbocycles. The van der Waals surface area contributed by atoms with Crippen LogP contribution in [0.3, 0.4) is 0 Å². The van der Waals surface area contributed by atoms with Crippen molar-refractivity contribution in [3.63, 3.8) is 0 Å². The maximum atomic E-state index is 11.0. The minimum absolute atomic E-state index is 0.321. The molecule has 0 aliphatic heterocycles. The van der Waals surface area contributed by atoms with E-state index in [2.05, 4.69) is 0 Å². The van der Waals surface area contributed by atoms with Crippen LogP contribution in [0.5, 0.6) is 0 Å². The van der Waals surface area contributed by atoms with Crippen LogP contribution >= 0.6 is 0 Å². The summed E-state index contributed by atoms with van der Waals surface area (Å²) in [6.07, 6.45) is 4.61. The summed E-state index contributed by atoms with van der Waals surface area (Å²) in [6, 6.07) is 0. The molecule has 0 unspecified atom stereocenters. The summed E-state index contributed by atoms with van der Waals surface area (Å²) in [5.74, 6) is 0.673. The van der Waals surface area contributed by atoms with Gasteiger partial charge in [-0.15, -0.1) is 0 Å². The topological polar surface area (TPSA) is 26.3 Å². The number of hydrogen-bond acceptors (Lipinski definition) is 2. The maximum absolute atomic E-state index is 11.0. The van der Waals surface area contributed by atoms with Crippen LogP contribution < -0.4 is 0 Å². The lowest BCUT2D eigenvalue weighted by Gasteiger charge is -2.26. The lowest BCUT2D eigenvalue weighted by molar-refractivity contribution is -0.122. The number of carbonyl (C=O) groups excluding carboxylic acids is 1. The average molecular weight is 170 g/mol. The zero-order chi connectivity index (χ0) is 8.97. The first-order valence-electron chi connectivity index (χ1n) is 4.86. The SMILES string of the molecule is CCOC1CCC(C(C)=O)CC1. The number of rotatable bonds is 3. The number of hydrogen-bond donors (Lipinski definition) is 0. The first kappa shape index (κ1) is 9.72. The van der Waals surface area contributed by atoms with Gasteiger partial charge in [-0.25, -0.2) is 0 Å². The Balaban J connectivity index is 2.25. The van der Waals surface area contributed by atoms with Gasteiger partial charge in [0, 0.05) is 12.5 Å². The number of Topliss-reactive ketones (excluding diaryl/α,β-unsaturated/α-hetero) is 1. The summed E-state index contributed by atoms with van der Waals surface area (Å²) < 4.78 is 5.50. The molecule has 1 saturated carbocycles. The summed E-state index contributed by atoms with van der Waals surface area (Å²) >= 11 is 0. The van der Waals surface area contributed by atoms with Gasteiger partial charge in [-0.2, -0.15) is 0 Å². The molecule has 0 amide bonds. The minimum atomic E-state index is 0.321. The minimum Gasteiger partial charge on any atom is -0.379 e. The summed E-state index contributed by atoms with van der Waals surface area (Å²) in [5.41, 5.74) is 0. The van der Waals surface area contributed by atoms with Gasteiger partial charge < -0.3 is 4.74 Å². The summed E-state index contributed by atoms with van der Waals surface area (Å²) in [7, 11) is 0. The molecule has 0 radical (unpaired) electrons. The van der Waals surface area contributed by atoms with E-state index in [0.29, 0.717) is 17.8 Å². The van der Waals surface area contributed by atoms with E-state index < -0.39 is 0 Å². The third kappa shape index (κ3) is 2.59. The van der Waals surface area contributed by atoms with Crippen LogP contribution in [-0.4, -0.2) is 18.5 Å². The third-order valence-corrected chi connectivity index (χ3v) is 2.65. The molecule has 12 heavy (non-hydrogen) atoms. The van der Waals surface area contributed by atoms with E-state index in [9.17, 15) is 4.79 Å². The van der Waals surface area contributed by atoms with Crippen molar-refractivity contribution in [1.82, 2.24) is 0 Å². The van der Waals surface area contributed by atoms with E-state index in [4.69, 9.17) is 4.74 Å². The Morgan fingerprint density at radius 2 is 1.92 bits per heavy atom. The molecule has 0 aromatic rings. The Bertz CT molecular complexity index is 146. The van der Waals surface area contributed by atoms with Gasteiger partial charge in [-0.05, 0) is 39.5 Å². The Morgan fingerprint density at radius 1 is 1.33 bits per heavy atom. The smallest absolute Gasteiger partial charge is 0.132 e. The highest BCUT2D eigenvalue weighted by Gasteiger charge is 2.23. The zero-order valence-corrected chi connectivity index (χ0v) is 8.01. The quantitative estimate of drug-likeness (QED) is 0.649. The fourth-order valence-corrected chi connectivity index (χ4v) is 1.87. The summed E-state index contributed by atoms with van der Waals surface area (Å²) in [4.78, 5) is 11.0. The Morgan fingerprint density at radius 3 is 2.33 bits per heavy atom. The molecule has 0 saturated heterocycles. The van der Waals surface area contributed by atoms with Gasteiger partial charge in [0.15, 0.2) is 0 Å². The Labute approximate surface area is 74.3 Å². The van der Waals surface area contributed by atoms with Crippen molar-refractivity contribution in [3.8, 4) is 0 Å². The molecule has 0 heterocycles. The first-order valence-corrected chi connectivity index (χ1v) is 4.86. The molecule has 1 rings (SSSR count). The van der Waals surface area contributed by atoms with Crippen LogP contribution in [0.15, 0.2) is 0 Å². The Hall–Kier alpha value is -0.370. The molecule has 0 aromatic heterocycles. The molecular weight excluding hydrogens is 152 g/mol. The molecule has 70 valence electrons. The second-order valence-electron chi connectivity index (χ2n) is 3.54. The first-order chi connectivity index (χ1) is 5.74. The maximum Gasteiger partial charge on any atom is 0.132 e. The van der Waals surface area contributed by atoms with E-state index in [1.807, 2.05) is 6.92 Å². The predicted octanol–water partition coefficient (Wildman–Crippen LogP) is 2.17. The Kier molecular flexibility index (Phi) is 3.73. The fourth-order valence-electron chi connectivity index (χ4n) is 1.87. The van der Waals surface area contributed by atoms with Crippen LogP contribution in [-0.2, 0) is 9.53 Å². The molecule has 1 aliphatic rings. The van der Waals surface area contributed by atoms with Crippen molar-refractivity contribution in [2.24, 2.45) is 5.92 Å². The van der Waals surface area contributed by atoms with Crippen molar-refractivity contribution in [1.29, 1.82) is 0 Å². The third-order valence-electron chi connectivity index (χ3n) is 2.65. The lowest BCUT2D eigenvalue weighted by Crippen LogP contribution is -2.24. The molecular formula is C10H18O2. The number of ether oxygens (including phenoxy) is 1. The molecule has 2 heteroatoms. The average Bonchev–Trinajstić information content (AvgIpc) is 2.06. The highest BCUT2D eigenvalue weighted by Crippen LogP contribution is 2.26. The predicted molar refractivity (Wildman–Crippen MR) is 48.1 cm³/mol. The molecule has 0 N–H and O–H groups in total. The molecule has 0 spiro atoms. The van der Waals surface area contributed by atoms with Crippen molar-refractivity contribution >= 4 is 5.78 Å². The summed E-state index contributed by atoms with van der Waals surface area (Å²) in [5, 5.41) is 0. The van der Waals surface area contributed by atoms with Crippen LogP contribution in [0.4, 0.5) is 0 Å². The highest BCUT2D eigenvalue weighted by atomic mass is 16.5. The molecule has 1 fully saturated rings. The fraction of sp³-hybridized carbons (Fsp3) is 0.900. The van der Waals surface area contributed by atoms with Gasteiger partial charge in [0.25, 0.3) is 0 Å². The second-order valence-corrected chi connectivity index (χ2v) is 3.54.